The number of aryl methyl sites for hydroxylation is 1. The lowest BCUT2D eigenvalue weighted by Crippen LogP contribution is -2.40. The largest absolute Gasteiger partial charge is 0.435 e. The van der Waals surface area contributed by atoms with Crippen LogP contribution in [0.15, 0.2) is 22.7 Å². The van der Waals surface area contributed by atoms with Crippen LogP contribution in [0.1, 0.15) is 11.1 Å². The zero-order valence-corrected chi connectivity index (χ0v) is 9.72. The van der Waals surface area contributed by atoms with Crippen molar-refractivity contribution in [2.75, 3.05) is 0 Å². The fourth-order valence-corrected chi connectivity index (χ4v) is 1.49. The summed E-state index contributed by atoms with van der Waals surface area (Å²) in [6, 6.07) is 4.46. The monoisotopic (exact) mass is 293 g/mol. The molecule has 86 valence electrons. The average Bonchev–Trinajstić information content (AvgIpc) is 2.19. The van der Waals surface area contributed by atoms with Crippen molar-refractivity contribution in [1.82, 2.24) is 0 Å². The van der Waals surface area contributed by atoms with Crippen molar-refractivity contribution in [2.45, 2.75) is 18.7 Å². The number of hydrogen-bond donors (Lipinski definition) is 1. The van der Waals surface area contributed by atoms with Crippen LogP contribution in [0.3, 0.4) is 0 Å². The van der Waals surface area contributed by atoms with Gasteiger partial charge in [-0.3, -0.25) is 0 Å². The summed E-state index contributed by atoms with van der Waals surface area (Å²) in [5.41, 5.74) is -3.25. The van der Waals surface area contributed by atoms with Gasteiger partial charge < -0.3 is 5.11 Å². The molecule has 0 amide bonds. The van der Waals surface area contributed by atoms with E-state index in [0.29, 0.717) is 10.0 Å². The van der Waals surface area contributed by atoms with Gasteiger partial charge in [-0.05, 0) is 18.6 Å². The quantitative estimate of drug-likeness (QED) is 0.809. The van der Waals surface area contributed by atoms with Gasteiger partial charge in [0.1, 0.15) is 6.07 Å². The third-order valence-electron chi connectivity index (χ3n) is 2.16. The summed E-state index contributed by atoms with van der Waals surface area (Å²) in [5, 5.41) is 17.8. The fourth-order valence-electron chi connectivity index (χ4n) is 1.11. The van der Waals surface area contributed by atoms with Crippen LogP contribution < -0.4 is 0 Å². The van der Waals surface area contributed by atoms with Crippen LogP contribution in [-0.4, -0.2) is 11.3 Å². The summed E-state index contributed by atoms with van der Waals surface area (Å²) in [6.45, 7) is 1.69. The molecule has 0 spiro atoms. The number of rotatable bonds is 1. The summed E-state index contributed by atoms with van der Waals surface area (Å²) in [4.78, 5) is 0. The third-order valence-corrected chi connectivity index (χ3v) is 3.02. The second kappa shape index (κ2) is 4.07. The first-order chi connectivity index (χ1) is 7.22. The van der Waals surface area contributed by atoms with Crippen molar-refractivity contribution in [2.24, 2.45) is 0 Å². The molecule has 0 aromatic heterocycles. The van der Waals surface area contributed by atoms with Crippen LogP contribution in [0.2, 0.25) is 0 Å². The van der Waals surface area contributed by atoms with Gasteiger partial charge in [0.05, 0.1) is 0 Å². The van der Waals surface area contributed by atoms with Crippen molar-refractivity contribution in [1.29, 1.82) is 5.26 Å². The van der Waals surface area contributed by atoms with Gasteiger partial charge in [-0.25, -0.2) is 0 Å². The Hall–Kier alpha value is -1.06. The lowest BCUT2D eigenvalue weighted by atomic mass is 9.94. The van der Waals surface area contributed by atoms with E-state index in [2.05, 4.69) is 15.9 Å². The Bertz CT molecular complexity index is 452. The SMILES string of the molecule is Cc1ccc(C(O)(C#N)C(F)(F)F)cc1Br. The van der Waals surface area contributed by atoms with Gasteiger partial charge in [0.25, 0.3) is 5.60 Å². The maximum Gasteiger partial charge on any atom is 0.435 e. The van der Waals surface area contributed by atoms with Gasteiger partial charge in [0, 0.05) is 10.0 Å². The van der Waals surface area contributed by atoms with Gasteiger partial charge in [-0.2, -0.15) is 18.4 Å². The highest BCUT2D eigenvalue weighted by Gasteiger charge is 2.56. The number of halogens is 4. The summed E-state index contributed by atoms with van der Waals surface area (Å²) in [6.07, 6.45) is -5.03. The summed E-state index contributed by atoms with van der Waals surface area (Å²) >= 11 is 3.05. The molecule has 0 aliphatic rings. The second-order valence-electron chi connectivity index (χ2n) is 3.28. The second-order valence-corrected chi connectivity index (χ2v) is 4.14. The van der Waals surface area contributed by atoms with E-state index in [0.717, 1.165) is 18.2 Å². The van der Waals surface area contributed by atoms with Crippen molar-refractivity contribution in [3.63, 3.8) is 0 Å². The smallest absolute Gasteiger partial charge is 0.365 e. The molecule has 1 aromatic rings. The first-order valence-corrected chi connectivity index (χ1v) is 4.98. The van der Waals surface area contributed by atoms with E-state index in [1.165, 1.54) is 6.07 Å². The average molecular weight is 294 g/mol. The van der Waals surface area contributed by atoms with E-state index in [1.807, 2.05) is 0 Å². The topological polar surface area (TPSA) is 44.0 Å². The number of aliphatic hydroxyl groups is 1. The van der Waals surface area contributed by atoms with Crippen LogP contribution in [-0.2, 0) is 5.60 Å². The molecule has 1 atom stereocenters. The molecule has 1 unspecified atom stereocenters. The minimum Gasteiger partial charge on any atom is -0.365 e. The molecule has 0 bridgehead atoms. The summed E-state index contributed by atoms with van der Waals surface area (Å²) in [5.74, 6) is 0. The molecule has 0 aliphatic carbocycles. The molecule has 0 saturated heterocycles. The minimum absolute atomic E-state index is 0.405. The molecular weight excluding hydrogens is 287 g/mol. The molecule has 1 rings (SSSR count). The van der Waals surface area contributed by atoms with E-state index < -0.39 is 17.3 Å². The number of nitriles is 1. The fraction of sp³-hybridized carbons (Fsp3) is 0.300. The Labute approximate surface area is 98.4 Å². The molecule has 0 fully saturated rings. The molecule has 0 radical (unpaired) electrons. The van der Waals surface area contributed by atoms with Crippen LogP contribution in [0.25, 0.3) is 0 Å². The lowest BCUT2D eigenvalue weighted by Gasteiger charge is -2.23. The van der Waals surface area contributed by atoms with Crippen LogP contribution in [0, 0.1) is 18.3 Å². The highest BCUT2D eigenvalue weighted by Crippen LogP contribution is 2.39. The predicted octanol–water partition coefficient (Wildman–Crippen LogP) is 3.03. The minimum atomic E-state index is -5.03. The van der Waals surface area contributed by atoms with Gasteiger partial charge in [-0.1, -0.05) is 28.1 Å². The first kappa shape index (κ1) is 13.0. The highest BCUT2D eigenvalue weighted by molar-refractivity contribution is 9.10. The molecule has 0 saturated carbocycles. The summed E-state index contributed by atoms with van der Waals surface area (Å²) in [7, 11) is 0. The van der Waals surface area contributed by atoms with E-state index >= 15 is 0 Å². The van der Waals surface area contributed by atoms with E-state index in [-0.39, 0.29) is 0 Å². The number of alkyl halides is 3. The number of hydrogen-bond acceptors (Lipinski definition) is 2. The molecule has 1 aromatic carbocycles. The van der Waals surface area contributed by atoms with Gasteiger partial charge in [0.2, 0.25) is 0 Å². The van der Waals surface area contributed by atoms with Gasteiger partial charge in [-0.15, -0.1) is 0 Å². The molecular formula is C10H7BrF3NO. The summed E-state index contributed by atoms with van der Waals surface area (Å²) < 4.78 is 38.0. The van der Waals surface area contributed by atoms with Crippen molar-refractivity contribution in [3.8, 4) is 6.07 Å². The van der Waals surface area contributed by atoms with Gasteiger partial charge >= 0.3 is 6.18 Å². The highest BCUT2D eigenvalue weighted by atomic mass is 79.9. The molecule has 16 heavy (non-hydrogen) atoms. The van der Waals surface area contributed by atoms with Crippen LogP contribution in [0.5, 0.6) is 0 Å². The molecule has 0 aliphatic heterocycles. The number of benzene rings is 1. The molecule has 0 heterocycles. The van der Waals surface area contributed by atoms with E-state index in [1.54, 1.807) is 6.92 Å². The molecule has 2 nitrogen and oxygen atoms in total. The Kier molecular flexibility index (Phi) is 3.31. The molecule has 1 N–H and O–H groups in total. The van der Waals surface area contributed by atoms with Crippen LogP contribution in [0.4, 0.5) is 13.2 Å². The maximum atomic E-state index is 12.5. The zero-order valence-electron chi connectivity index (χ0n) is 8.14. The Morgan fingerprint density at radius 1 is 1.38 bits per heavy atom. The molecule has 6 heteroatoms. The van der Waals surface area contributed by atoms with Crippen molar-refractivity contribution in [3.05, 3.63) is 33.8 Å². The normalized spacial score (nSPS) is 15.3. The zero-order chi connectivity index (χ0) is 12.6. The predicted molar refractivity (Wildman–Crippen MR) is 54.4 cm³/mol. The standard InChI is InChI=1S/C10H7BrF3NO/c1-6-2-3-7(4-8(6)11)9(16,5-15)10(12,13)14/h2-4,16H,1H3. The number of nitrogens with zero attached hydrogens (tertiary/aromatic N) is 1. The van der Waals surface area contributed by atoms with E-state index in [4.69, 9.17) is 5.26 Å². The maximum absolute atomic E-state index is 12.5. The van der Waals surface area contributed by atoms with Crippen molar-refractivity contribution < 1.29 is 18.3 Å². The third kappa shape index (κ3) is 2.06. The Morgan fingerprint density at radius 3 is 2.31 bits per heavy atom. The Balaban J connectivity index is 3.36. The van der Waals surface area contributed by atoms with Crippen molar-refractivity contribution >= 4 is 15.9 Å². The lowest BCUT2D eigenvalue weighted by molar-refractivity contribution is -0.241. The van der Waals surface area contributed by atoms with Crippen LogP contribution >= 0.6 is 15.9 Å². The van der Waals surface area contributed by atoms with Gasteiger partial charge in [0.15, 0.2) is 0 Å². The Morgan fingerprint density at radius 2 is 1.94 bits per heavy atom. The van der Waals surface area contributed by atoms with E-state index in [9.17, 15) is 18.3 Å². The first-order valence-electron chi connectivity index (χ1n) is 4.19.